The Morgan fingerprint density at radius 3 is 2.67 bits per heavy atom. The maximum atomic E-state index is 4.60. The molecule has 2 heteroatoms. The van der Waals surface area contributed by atoms with Crippen LogP contribution in [0.2, 0.25) is 0 Å². The normalized spacial score (nSPS) is 12.7. The van der Waals surface area contributed by atoms with Crippen molar-refractivity contribution >= 4 is 10.9 Å². The molecule has 0 spiro atoms. The third-order valence-corrected chi connectivity index (χ3v) is 4.06. The van der Waals surface area contributed by atoms with Crippen LogP contribution in [-0.2, 0) is 0 Å². The Morgan fingerprint density at radius 2 is 1.86 bits per heavy atom. The Morgan fingerprint density at radius 1 is 1.05 bits per heavy atom. The molecule has 21 heavy (non-hydrogen) atoms. The van der Waals surface area contributed by atoms with Crippen molar-refractivity contribution in [3.8, 4) is 0 Å². The van der Waals surface area contributed by atoms with Crippen molar-refractivity contribution in [3.63, 3.8) is 0 Å². The van der Waals surface area contributed by atoms with Gasteiger partial charge in [-0.1, -0.05) is 64.2 Å². The van der Waals surface area contributed by atoms with Crippen LogP contribution in [-0.4, -0.2) is 11.5 Å². The Bertz CT molecular complexity index is 536. The molecule has 2 aromatic rings. The van der Waals surface area contributed by atoms with E-state index in [4.69, 9.17) is 0 Å². The highest BCUT2D eigenvalue weighted by atomic mass is 14.9. The average molecular weight is 284 g/mol. The molecule has 0 aliphatic rings. The summed E-state index contributed by atoms with van der Waals surface area (Å²) in [5.74, 6) is 0. The molecule has 0 saturated heterocycles. The molecule has 1 unspecified atom stereocenters. The van der Waals surface area contributed by atoms with Crippen LogP contribution in [0, 0.1) is 0 Å². The van der Waals surface area contributed by atoms with Crippen LogP contribution in [0.3, 0.4) is 0 Å². The number of nitrogens with zero attached hydrogens (tertiary/aromatic N) is 1. The van der Waals surface area contributed by atoms with E-state index in [1.807, 2.05) is 12.3 Å². The summed E-state index contributed by atoms with van der Waals surface area (Å²) in [7, 11) is 0. The van der Waals surface area contributed by atoms with Gasteiger partial charge < -0.3 is 5.32 Å². The number of unbranched alkanes of at least 4 members (excludes halogenated alkanes) is 4. The minimum absolute atomic E-state index is 0.439. The van der Waals surface area contributed by atoms with Crippen LogP contribution in [0.15, 0.2) is 36.5 Å². The number of para-hydroxylation sites is 1. The molecular weight excluding hydrogens is 256 g/mol. The lowest BCUT2D eigenvalue weighted by Crippen LogP contribution is -2.21. The number of pyridine rings is 1. The van der Waals surface area contributed by atoms with E-state index in [-0.39, 0.29) is 0 Å². The molecular formula is C19H28N2. The zero-order valence-electron chi connectivity index (χ0n) is 13.4. The topological polar surface area (TPSA) is 24.9 Å². The first kappa shape index (κ1) is 16.0. The largest absolute Gasteiger partial charge is 0.310 e. The molecule has 114 valence electrons. The summed E-state index contributed by atoms with van der Waals surface area (Å²) in [5.41, 5.74) is 2.41. The Hall–Kier alpha value is -1.41. The van der Waals surface area contributed by atoms with Gasteiger partial charge in [-0.25, -0.2) is 0 Å². The molecule has 2 rings (SSSR count). The van der Waals surface area contributed by atoms with Gasteiger partial charge in [-0.2, -0.15) is 0 Å². The quantitative estimate of drug-likeness (QED) is 0.636. The van der Waals surface area contributed by atoms with E-state index in [1.54, 1.807) is 0 Å². The van der Waals surface area contributed by atoms with E-state index in [1.165, 1.54) is 49.5 Å². The van der Waals surface area contributed by atoms with E-state index in [2.05, 4.69) is 48.4 Å². The molecule has 0 aliphatic heterocycles. The van der Waals surface area contributed by atoms with Crippen molar-refractivity contribution in [1.82, 2.24) is 10.3 Å². The van der Waals surface area contributed by atoms with Crippen molar-refractivity contribution < 1.29 is 0 Å². The van der Waals surface area contributed by atoms with E-state index in [0.717, 1.165) is 12.1 Å². The lowest BCUT2D eigenvalue weighted by atomic mass is 9.99. The van der Waals surface area contributed by atoms with E-state index in [9.17, 15) is 0 Å². The summed E-state index contributed by atoms with van der Waals surface area (Å²) in [6, 6.07) is 11.1. The predicted octanol–water partition coefficient (Wildman–Crippen LogP) is 5.25. The Labute approximate surface area is 129 Å². The predicted molar refractivity (Wildman–Crippen MR) is 91.5 cm³/mol. The first-order chi connectivity index (χ1) is 10.3. The third kappa shape index (κ3) is 4.82. The van der Waals surface area contributed by atoms with Gasteiger partial charge in [0.15, 0.2) is 0 Å². The lowest BCUT2D eigenvalue weighted by Gasteiger charge is -2.18. The Kier molecular flexibility index (Phi) is 6.68. The van der Waals surface area contributed by atoms with Crippen LogP contribution in [0.5, 0.6) is 0 Å². The average Bonchev–Trinajstić information content (AvgIpc) is 2.53. The van der Waals surface area contributed by atoms with Gasteiger partial charge in [0.2, 0.25) is 0 Å². The molecule has 0 aliphatic carbocycles. The second kappa shape index (κ2) is 8.78. The smallest absolute Gasteiger partial charge is 0.0702 e. The molecule has 1 aromatic carbocycles. The maximum Gasteiger partial charge on any atom is 0.0702 e. The van der Waals surface area contributed by atoms with Crippen molar-refractivity contribution in [2.24, 2.45) is 0 Å². The second-order valence-electron chi connectivity index (χ2n) is 5.77. The van der Waals surface area contributed by atoms with Crippen molar-refractivity contribution in [1.29, 1.82) is 0 Å². The van der Waals surface area contributed by atoms with Crippen LogP contribution in [0.25, 0.3) is 10.9 Å². The van der Waals surface area contributed by atoms with Crippen molar-refractivity contribution in [3.05, 3.63) is 42.1 Å². The molecule has 1 N–H and O–H groups in total. The maximum absolute atomic E-state index is 4.60. The van der Waals surface area contributed by atoms with Crippen molar-refractivity contribution in [2.45, 2.75) is 58.4 Å². The summed E-state index contributed by atoms with van der Waals surface area (Å²) >= 11 is 0. The number of benzene rings is 1. The number of rotatable bonds is 9. The first-order valence-electron chi connectivity index (χ1n) is 8.43. The molecule has 2 nitrogen and oxygen atoms in total. The molecule has 1 atom stereocenters. The van der Waals surface area contributed by atoms with E-state index >= 15 is 0 Å². The molecule has 0 fully saturated rings. The summed E-state index contributed by atoms with van der Waals surface area (Å²) in [4.78, 5) is 4.60. The van der Waals surface area contributed by atoms with Gasteiger partial charge in [0.25, 0.3) is 0 Å². The minimum Gasteiger partial charge on any atom is -0.310 e. The monoisotopic (exact) mass is 284 g/mol. The standard InChI is InChI=1S/C19H28N2/c1-3-5-6-7-8-12-19(20-4-2)17-14-16-11-9-10-13-18(16)21-15-17/h9-11,13-15,19-20H,3-8,12H2,1-2H3. The van der Waals surface area contributed by atoms with Gasteiger partial charge in [-0.15, -0.1) is 0 Å². The third-order valence-electron chi connectivity index (χ3n) is 4.06. The fourth-order valence-corrected chi connectivity index (χ4v) is 2.86. The van der Waals surface area contributed by atoms with Crippen molar-refractivity contribution in [2.75, 3.05) is 6.54 Å². The SMILES string of the molecule is CCCCCCCC(NCC)c1cnc2ccccc2c1. The lowest BCUT2D eigenvalue weighted by molar-refractivity contribution is 0.478. The van der Waals surface area contributed by atoms with Crippen LogP contribution < -0.4 is 5.32 Å². The number of hydrogen-bond acceptors (Lipinski definition) is 2. The summed E-state index contributed by atoms with van der Waals surface area (Å²) < 4.78 is 0. The fraction of sp³-hybridized carbons (Fsp3) is 0.526. The van der Waals surface area contributed by atoms with Gasteiger partial charge >= 0.3 is 0 Å². The molecule has 0 bridgehead atoms. The molecule has 1 heterocycles. The van der Waals surface area contributed by atoms with Crippen LogP contribution in [0.4, 0.5) is 0 Å². The zero-order valence-corrected chi connectivity index (χ0v) is 13.4. The molecule has 1 aromatic heterocycles. The number of hydrogen-bond donors (Lipinski definition) is 1. The number of fused-ring (bicyclic) bond motifs is 1. The highest BCUT2D eigenvalue weighted by Gasteiger charge is 2.11. The van der Waals surface area contributed by atoms with E-state index in [0.29, 0.717) is 6.04 Å². The van der Waals surface area contributed by atoms with Gasteiger partial charge in [0.1, 0.15) is 0 Å². The first-order valence-corrected chi connectivity index (χ1v) is 8.43. The molecule has 0 saturated carbocycles. The molecule has 0 radical (unpaired) electrons. The van der Waals surface area contributed by atoms with Crippen LogP contribution in [0.1, 0.15) is 64.0 Å². The highest BCUT2D eigenvalue weighted by molar-refractivity contribution is 5.78. The van der Waals surface area contributed by atoms with Crippen LogP contribution >= 0.6 is 0 Å². The van der Waals surface area contributed by atoms with E-state index < -0.39 is 0 Å². The van der Waals surface area contributed by atoms with Gasteiger partial charge in [-0.05, 0) is 30.7 Å². The summed E-state index contributed by atoms with van der Waals surface area (Å²) in [5, 5.41) is 4.85. The zero-order chi connectivity index (χ0) is 14.9. The Balaban J connectivity index is 2.01. The highest BCUT2D eigenvalue weighted by Crippen LogP contribution is 2.23. The van der Waals surface area contributed by atoms with Gasteiger partial charge in [-0.3, -0.25) is 4.98 Å². The second-order valence-corrected chi connectivity index (χ2v) is 5.77. The summed E-state index contributed by atoms with van der Waals surface area (Å²) in [6.45, 7) is 5.45. The van der Waals surface area contributed by atoms with Gasteiger partial charge in [0, 0.05) is 17.6 Å². The molecule has 0 amide bonds. The summed E-state index contributed by atoms with van der Waals surface area (Å²) in [6.07, 6.45) is 9.93. The number of nitrogens with one attached hydrogen (secondary N) is 1. The fourth-order valence-electron chi connectivity index (χ4n) is 2.86. The minimum atomic E-state index is 0.439. The van der Waals surface area contributed by atoms with Gasteiger partial charge in [0.05, 0.1) is 5.52 Å². The number of aromatic nitrogens is 1.